The van der Waals surface area contributed by atoms with Crippen LogP contribution in [0.2, 0.25) is 0 Å². The van der Waals surface area contributed by atoms with Crippen molar-refractivity contribution >= 4 is 11.9 Å². The Morgan fingerprint density at radius 1 is 1.11 bits per heavy atom. The summed E-state index contributed by atoms with van der Waals surface area (Å²) in [7, 11) is 0. The first-order valence-corrected chi connectivity index (χ1v) is 4.58. The first-order chi connectivity index (χ1) is 8.27. The lowest BCUT2D eigenvalue weighted by Gasteiger charge is -2.23. The lowest BCUT2D eigenvalue weighted by atomic mass is 10.1. The normalized spacial score (nSPS) is 17.5. The lowest BCUT2D eigenvalue weighted by Crippen LogP contribution is -2.48. The number of halogens is 3. The molecule has 0 heterocycles. The van der Waals surface area contributed by atoms with Gasteiger partial charge < -0.3 is 31.3 Å². The Hall–Kier alpha value is -1.43. The molecule has 114 valence electrons. The van der Waals surface area contributed by atoms with E-state index >= 15 is 0 Å². The average Bonchev–Trinajstić information content (AvgIpc) is 2.26. The molecule has 0 bridgehead atoms. The molecular formula is C8H14F3NO7. The number of alkyl halides is 3. The fourth-order valence-corrected chi connectivity index (χ4v) is 0.386. The Morgan fingerprint density at radius 3 is 1.42 bits per heavy atom. The Kier molecular flexibility index (Phi) is 7.57. The monoisotopic (exact) mass is 293 g/mol. The van der Waals surface area contributed by atoms with Gasteiger partial charge in [-0.3, -0.25) is 0 Å². The van der Waals surface area contributed by atoms with Crippen LogP contribution in [0.15, 0.2) is 0 Å². The van der Waals surface area contributed by atoms with E-state index in [9.17, 15) is 22.8 Å². The van der Waals surface area contributed by atoms with Crippen LogP contribution in [0.1, 0.15) is 6.92 Å². The SMILES string of the molecule is C[C@](O)(CN)C(F)(F)F.O=C(O)C(O)C(O)C(=O)O. The van der Waals surface area contributed by atoms with Crippen molar-refractivity contribution < 1.29 is 48.3 Å². The second kappa shape index (κ2) is 7.23. The van der Waals surface area contributed by atoms with Crippen LogP contribution in [0.4, 0.5) is 13.2 Å². The quantitative estimate of drug-likeness (QED) is 0.351. The molecule has 0 radical (unpaired) electrons. The van der Waals surface area contributed by atoms with Gasteiger partial charge in [0.1, 0.15) is 0 Å². The standard InChI is InChI=1S/C4H8F3NO.C4H6O6/c1-3(9,2-8)4(5,6)7;5-1(3(7)8)2(6)4(9)10/h9H,2,8H2,1H3;1-2,5-6H,(H,7,8)(H,9,10)/t3-;/m0./s1. The molecule has 19 heavy (non-hydrogen) atoms. The molecule has 0 saturated heterocycles. The van der Waals surface area contributed by atoms with Gasteiger partial charge >= 0.3 is 18.1 Å². The summed E-state index contributed by atoms with van der Waals surface area (Å²) in [6.45, 7) is -0.177. The number of rotatable bonds is 4. The van der Waals surface area contributed by atoms with Gasteiger partial charge in [-0.1, -0.05) is 0 Å². The fraction of sp³-hybridized carbons (Fsp3) is 0.750. The second-order valence-electron chi connectivity index (χ2n) is 3.54. The van der Waals surface area contributed by atoms with Gasteiger partial charge in [-0.2, -0.15) is 13.2 Å². The summed E-state index contributed by atoms with van der Waals surface area (Å²) in [6, 6.07) is 0. The molecule has 0 aliphatic rings. The number of hydrogen-bond donors (Lipinski definition) is 6. The maximum Gasteiger partial charge on any atom is 0.418 e. The molecule has 0 aromatic heterocycles. The van der Waals surface area contributed by atoms with Crippen LogP contribution >= 0.6 is 0 Å². The van der Waals surface area contributed by atoms with Gasteiger partial charge in [0.15, 0.2) is 17.8 Å². The van der Waals surface area contributed by atoms with Crippen molar-refractivity contribution in [2.45, 2.75) is 30.9 Å². The first-order valence-electron chi connectivity index (χ1n) is 4.58. The third-order valence-electron chi connectivity index (χ3n) is 1.81. The van der Waals surface area contributed by atoms with E-state index in [1.54, 1.807) is 0 Å². The fourth-order valence-electron chi connectivity index (χ4n) is 0.386. The summed E-state index contributed by atoms with van der Waals surface area (Å²) in [5.41, 5.74) is 1.88. The van der Waals surface area contributed by atoms with Crippen molar-refractivity contribution in [1.82, 2.24) is 0 Å². The Balaban J connectivity index is 0. The van der Waals surface area contributed by atoms with Crippen molar-refractivity contribution in [1.29, 1.82) is 0 Å². The topological polar surface area (TPSA) is 161 Å². The van der Waals surface area contributed by atoms with E-state index < -0.39 is 42.5 Å². The molecule has 11 heteroatoms. The number of carbonyl (C=O) groups is 2. The largest absolute Gasteiger partial charge is 0.479 e. The van der Waals surface area contributed by atoms with E-state index in [4.69, 9.17) is 25.5 Å². The van der Waals surface area contributed by atoms with Crippen LogP contribution in [0.25, 0.3) is 0 Å². The van der Waals surface area contributed by atoms with Crippen molar-refractivity contribution in [2.24, 2.45) is 5.73 Å². The van der Waals surface area contributed by atoms with Gasteiger partial charge in [-0.05, 0) is 6.92 Å². The number of aliphatic carboxylic acids is 2. The van der Waals surface area contributed by atoms with E-state index in [1.165, 1.54) is 0 Å². The molecule has 0 fully saturated rings. The molecule has 0 aliphatic carbocycles. The van der Waals surface area contributed by atoms with Crippen molar-refractivity contribution in [2.75, 3.05) is 6.54 Å². The van der Waals surface area contributed by atoms with Gasteiger partial charge in [0, 0.05) is 6.54 Å². The molecule has 0 spiro atoms. The smallest absolute Gasteiger partial charge is 0.418 e. The van der Waals surface area contributed by atoms with Crippen molar-refractivity contribution in [3.8, 4) is 0 Å². The molecule has 0 aromatic rings. The Morgan fingerprint density at radius 2 is 1.37 bits per heavy atom. The van der Waals surface area contributed by atoms with E-state index in [2.05, 4.69) is 5.73 Å². The van der Waals surface area contributed by atoms with E-state index in [0.717, 1.165) is 0 Å². The van der Waals surface area contributed by atoms with E-state index in [0.29, 0.717) is 6.92 Å². The summed E-state index contributed by atoms with van der Waals surface area (Å²) in [6.07, 6.45) is -9.16. The molecule has 0 saturated carbocycles. The van der Waals surface area contributed by atoms with Crippen LogP contribution in [-0.2, 0) is 9.59 Å². The van der Waals surface area contributed by atoms with Gasteiger partial charge in [-0.25, -0.2) is 9.59 Å². The third-order valence-corrected chi connectivity index (χ3v) is 1.81. The van der Waals surface area contributed by atoms with Gasteiger partial charge in [0.05, 0.1) is 0 Å². The molecule has 0 aromatic carbocycles. The zero-order valence-electron chi connectivity index (χ0n) is 9.63. The van der Waals surface area contributed by atoms with Crippen LogP contribution < -0.4 is 5.73 Å². The summed E-state index contributed by atoms with van der Waals surface area (Å²) in [5, 5.41) is 40.9. The predicted octanol–water partition coefficient (Wildman–Crippen LogP) is -1.86. The zero-order chi connectivity index (χ0) is 16.0. The van der Waals surface area contributed by atoms with Crippen LogP contribution in [0.5, 0.6) is 0 Å². The number of carboxylic acids is 2. The minimum Gasteiger partial charge on any atom is -0.479 e. The highest BCUT2D eigenvalue weighted by atomic mass is 19.4. The highest BCUT2D eigenvalue weighted by Crippen LogP contribution is 2.28. The van der Waals surface area contributed by atoms with E-state index in [1.807, 2.05) is 0 Å². The maximum absolute atomic E-state index is 11.5. The van der Waals surface area contributed by atoms with E-state index in [-0.39, 0.29) is 0 Å². The Bertz CT molecular complexity index is 300. The maximum atomic E-state index is 11.5. The summed E-state index contributed by atoms with van der Waals surface area (Å²) < 4.78 is 34.5. The highest BCUT2D eigenvalue weighted by molar-refractivity contribution is 5.83. The average molecular weight is 293 g/mol. The highest BCUT2D eigenvalue weighted by Gasteiger charge is 2.48. The molecule has 0 aliphatic heterocycles. The second-order valence-corrected chi connectivity index (χ2v) is 3.54. The van der Waals surface area contributed by atoms with Gasteiger partial charge in [0.25, 0.3) is 0 Å². The number of carboxylic acid groups (broad SMARTS) is 2. The molecular weight excluding hydrogens is 279 g/mol. The third kappa shape index (κ3) is 6.91. The van der Waals surface area contributed by atoms with Crippen molar-refractivity contribution in [3.05, 3.63) is 0 Å². The molecule has 0 amide bonds. The van der Waals surface area contributed by atoms with Gasteiger partial charge in [0.2, 0.25) is 0 Å². The Labute approximate surface area is 104 Å². The predicted molar refractivity (Wildman–Crippen MR) is 53.0 cm³/mol. The van der Waals surface area contributed by atoms with Crippen LogP contribution in [-0.4, -0.2) is 68.0 Å². The minimum atomic E-state index is -4.62. The van der Waals surface area contributed by atoms with Crippen LogP contribution in [0, 0.1) is 0 Å². The number of aliphatic hydroxyl groups is 3. The lowest BCUT2D eigenvalue weighted by molar-refractivity contribution is -0.248. The number of hydrogen-bond acceptors (Lipinski definition) is 6. The van der Waals surface area contributed by atoms with Crippen LogP contribution in [0.3, 0.4) is 0 Å². The number of nitrogens with two attached hydrogens (primary N) is 1. The van der Waals surface area contributed by atoms with Gasteiger partial charge in [-0.15, -0.1) is 0 Å². The number of aliphatic hydroxyl groups excluding tert-OH is 2. The molecule has 2 unspecified atom stereocenters. The molecule has 3 atom stereocenters. The minimum absolute atomic E-state index is 0.632. The summed E-state index contributed by atoms with van der Waals surface area (Å²) in [5.74, 6) is -3.54. The molecule has 7 N–H and O–H groups in total. The summed E-state index contributed by atoms with van der Waals surface area (Å²) >= 11 is 0. The summed E-state index contributed by atoms with van der Waals surface area (Å²) in [4.78, 5) is 19.5. The molecule has 8 nitrogen and oxygen atoms in total. The zero-order valence-corrected chi connectivity index (χ0v) is 9.63. The van der Waals surface area contributed by atoms with Crippen molar-refractivity contribution in [3.63, 3.8) is 0 Å². The molecule has 0 rings (SSSR count). The first kappa shape index (κ1) is 19.9.